The highest BCUT2D eigenvalue weighted by Gasteiger charge is 2.17. The van der Waals surface area contributed by atoms with Gasteiger partial charge in [0.2, 0.25) is 0 Å². The number of nitrogens with one attached hydrogen (secondary N) is 2. The second-order valence-electron chi connectivity index (χ2n) is 4.07. The fourth-order valence-electron chi connectivity index (χ4n) is 1.58. The lowest BCUT2D eigenvalue weighted by atomic mass is 10.2. The molecule has 1 amide bonds. The summed E-state index contributed by atoms with van der Waals surface area (Å²) in [4.78, 5) is 11.7. The summed E-state index contributed by atoms with van der Waals surface area (Å²) in [6, 6.07) is 3.95. The van der Waals surface area contributed by atoms with Gasteiger partial charge in [0.05, 0.1) is 8.95 Å². The van der Waals surface area contributed by atoms with Crippen LogP contribution >= 0.6 is 31.9 Å². The molecule has 0 aliphatic carbocycles. The van der Waals surface area contributed by atoms with Crippen molar-refractivity contribution in [3.8, 4) is 5.75 Å². The molecule has 1 atom stereocenters. The summed E-state index contributed by atoms with van der Waals surface area (Å²) in [6.45, 7) is 4.97. The largest absolute Gasteiger partial charge is 0.479 e. The van der Waals surface area contributed by atoms with Gasteiger partial charge in [-0.3, -0.25) is 4.79 Å². The zero-order valence-electron chi connectivity index (χ0n) is 11.2. The first-order valence-electron chi connectivity index (χ1n) is 6.06. The van der Waals surface area contributed by atoms with E-state index in [1.807, 2.05) is 26.1 Å². The van der Waals surface area contributed by atoms with Gasteiger partial charge in [-0.1, -0.05) is 0 Å². The lowest BCUT2D eigenvalue weighted by Gasteiger charge is -2.17. The molecule has 4 nitrogen and oxygen atoms in total. The molecule has 1 aromatic rings. The molecule has 2 N–H and O–H groups in total. The average molecular weight is 394 g/mol. The van der Waals surface area contributed by atoms with E-state index in [1.54, 1.807) is 6.92 Å². The minimum atomic E-state index is -0.539. The Morgan fingerprint density at radius 3 is 2.42 bits per heavy atom. The Balaban J connectivity index is 2.86. The second kappa shape index (κ2) is 7.87. The van der Waals surface area contributed by atoms with Crippen LogP contribution in [0.2, 0.25) is 0 Å². The highest BCUT2D eigenvalue weighted by Crippen LogP contribution is 2.35. The predicted molar refractivity (Wildman–Crippen MR) is 83.4 cm³/mol. The first-order valence-corrected chi connectivity index (χ1v) is 7.65. The number of hydrogen-bond acceptors (Lipinski definition) is 3. The Morgan fingerprint density at radius 2 is 1.95 bits per heavy atom. The van der Waals surface area contributed by atoms with Crippen molar-refractivity contribution in [1.82, 2.24) is 10.6 Å². The Bertz CT molecular complexity index is 429. The number of hydrogen-bond donors (Lipinski definition) is 2. The van der Waals surface area contributed by atoms with E-state index in [0.29, 0.717) is 12.3 Å². The number of ether oxygens (including phenoxy) is 1. The maximum absolute atomic E-state index is 11.7. The third-order valence-electron chi connectivity index (χ3n) is 2.45. The van der Waals surface area contributed by atoms with Crippen LogP contribution in [0.4, 0.5) is 0 Å². The van der Waals surface area contributed by atoms with Gasteiger partial charge >= 0.3 is 0 Å². The van der Waals surface area contributed by atoms with Gasteiger partial charge in [-0.25, -0.2) is 0 Å². The van der Waals surface area contributed by atoms with Gasteiger partial charge in [0.1, 0.15) is 5.75 Å². The van der Waals surface area contributed by atoms with Crippen LogP contribution in [0.5, 0.6) is 5.75 Å². The lowest BCUT2D eigenvalue weighted by molar-refractivity contribution is -0.127. The van der Waals surface area contributed by atoms with Crippen LogP contribution in [0, 0.1) is 0 Å². The number of carbonyl (C=O) groups excluding carboxylic acids is 1. The number of benzene rings is 1. The van der Waals surface area contributed by atoms with Gasteiger partial charge in [-0.05, 0) is 70.5 Å². The molecule has 6 heteroatoms. The average Bonchev–Trinajstić information content (AvgIpc) is 2.34. The number of rotatable bonds is 6. The van der Waals surface area contributed by atoms with Crippen molar-refractivity contribution in [1.29, 1.82) is 0 Å². The van der Waals surface area contributed by atoms with Gasteiger partial charge < -0.3 is 15.4 Å². The number of carbonyl (C=O) groups is 1. The molecular weight excluding hydrogens is 376 g/mol. The summed E-state index contributed by atoms with van der Waals surface area (Å²) in [6.07, 6.45) is -0.539. The van der Waals surface area contributed by atoms with Crippen molar-refractivity contribution in [2.45, 2.75) is 26.5 Å². The number of likely N-dealkylation sites (N-methyl/N-ethyl adjacent to an activating group) is 1. The standard InChI is InChI=1S/C13H18Br2N2O2/c1-4-17-13(18)8(2)19-12-10(14)5-9(7-16-3)6-11(12)15/h5-6,8,16H,4,7H2,1-3H3,(H,17,18). The first-order chi connectivity index (χ1) is 8.99. The minimum absolute atomic E-state index is 0.124. The topological polar surface area (TPSA) is 50.4 Å². The van der Waals surface area contributed by atoms with Crippen LogP contribution in [0.25, 0.3) is 0 Å². The summed E-state index contributed by atoms with van der Waals surface area (Å²) in [5, 5.41) is 5.82. The van der Waals surface area contributed by atoms with Crippen LogP contribution in [-0.2, 0) is 11.3 Å². The quantitative estimate of drug-likeness (QED) is 0.781. The molecule has 1 aromatic carbocycles. The van der Waals surface area contributed by atoms with Crippen LogP contribution < -0.4 is 15.4 Å². The van der Waals surface area contributed by atoms with Crippen molar-refractivity contribution in [2.75, 3.05) is 13.6 Å². The molecular formula is C13H18Br2N2O2. The van der Waals surface area contributed by atoms with Gasteiger partial charge in [-0.2, -0.15) is 0 Å². The maximum Gasteiger partial charge on any atom is 0.260 e. The number of halogens is 2. The van der Waals surface area contributed by atoms with Crippen LogP contribution in [-0.4, -0.2) is 25.6 Å². The Hall–Kier alpha value is -0.590. The molecule has 1 unspecified atom stereocenters. The second-order valence-corrected chi connectivity index (χ2v) is 5.78. The van der Waals surface area contributed by atoms with Crippen molar-refractivity contribution < 1.29 is 9.53 Å². The molecule has 0 saturated carbocycles. The van der Waals surface area contributed by atoms with E-state index in [4.69, 9.17) is 4.74 Å². The summed E-state index contributed by atoms with van der Waals surface area (Å²) in [7, 11) is 1.89. The van der Waals surface area contributed by atoms with Crippen molar-refractivity contribution in [2.24, 2.45) is 0 Å². The smallest absolute Gasteiger partial charge is 0.260 e. The monoisotopic (exact) mass is 392 g/mol. The highest BCUT2D eigenvalue weighted by molar-refractivity contribution is 9.11. The summed E-state index contributed by atoms with van der Waals surface area (Å²) in [5.74, 6) is 0.513. The Kier molecular flexibility index (Phi) is 6.82. The zero-order chi connectivity index (χ0) is 14.4. The Morgan fingerprint density at radius 1 is 1.37 bits per heavy atom. The van der Waals surface area contributed by atoms with E-state index in [-0.39, 0.29) is 5.91 Å². The molecule has 0 fully saturated rings. The Labute approximate surface area is 130 Å². The third-order valence-corrected chi connectivity index (χ3v) is 3.63. The van der Waals surface area contributed by atoms with E-state index in [1.165, 1.54) is 0 Å². The zero-order valence-corrected chi connectivity index (χ0v) is 14.4. The molecule has 0 aliphatic rings. The predicted octanol–water partition coefficient (Wildman–Crippen LogP) is 2.83. The summed E-state index contributed by atoms with van der Waals surface area (Å²) >= 11 is 6.94. The first kappa shape index (κ1) is 16.5. The molecule has 0 saturated heterocycles. The van der Waals surface area contributed by atoms with E-state index < -0.39 is 6.10 Å². The molecule has 1 rings (SSSR count). The van der Waals surface area contributed by atoms with Gasteiger partial charge in [0.25, 0.3) is 5.91 Å². The van der Waals surface area contributed by atoms with Crippen LogP contribution in [0.1, 0.15) is 19.4 Å². The molecule has 0 spiro atoms. The van der Waals surface area contributed by atoms with Gasteiger partial charge in [-0.15, -0.1) is 0 Å². The fourth-order valence-corrected chi connectivity index (χ4v) is 3.05. The maximum atomic E-state index is 11.7. The molecule has 0 radical (unpaired) electrons. The van der Waals surface area contributed by atoms with Crippen molar-refractivity contribution >= 4 is 37.8 Å². The van der Waals surface area contributed by atoms with Crippen LogP contribution in [0.3, 0.4) is 0 Å². The van der Waals surface area contributed by atoms with E-state index in [0.717, 1.165) is 21.1 Å². The lowest BCUT2D eigenvalue weighted by Crippen LogP contribution is -2.36. The summed E-state index contributed by atoms with van der Waals surface area (Å²) < 4.78 is 7.34. The normalized spacial score (nSPS) is 12.1. The van der Waals surface area contributed by atoms with Crippen molar-refractivity contribution in [3.63, 3.8) is 0 Å². The van der Waals surface area contributed by atoms with E-state index >= 15 is 0 Å². The molecule has 0 aliphatic heterocycles. The minimum Gasteiger partial charge on any atom is -0.479 e. The van der Waals surface area contributed by atoms with Crippen molar-refractivity contribution in [3.05, 3.63) is 26.6 Å². The third kappa shape index (κ3) is 4.78. The molecule has 0 aromatic heterocycles. The molecule has 0 heterocycles. The number of amides is 1. The highest BCUT2D eigenvalue weighted by atomic mass is 79.9. The SMILES string of the molecule is CCNC(=O)C(C)Oc1c(Br)cc(CNC)cc1Br. The van der Waals surface area contributed by atoms with E-state index in [2.05, 4.69) is 42.5 Å². The molecule has 19 heavy (non-hydrogen) atoms. The van der Waals surface area contributed by atoms with Crippen LogP contribution in [0.15, 0.2) is 21.1 Å². The van der Waals surface area contributed by atoms with Gasteiger partial charge in [0.15, 0.2) is 6.10 Å². The van der Waals surface area contributed by atoms with Gasteiger partial charge in [0, 0.05) is 13.1 Å². The molecule has 0 bridgehead atoms. The summed E-state index contributed by atoms with van der Waals surface area (Å²) in [5.41, 5.74) is 1.12. The fraction of sp³-hybridized carbons (Fsp3) is 0.462. The molecule has 106 valence electrons. The van der Waals surface area contributed by atoms with E-state index in [9.17, 15) is 4.79 Å².